The number of ether oxygens (including phenoxy) is 2. The third-order valence-electron chi connectivity index (χ3n) is 2.89. The molecule has 0 radical (unpaired) electrons. The molecule has 0 atom stereocenters. The van der Waals surface area contributed by atoms with Gasteiger partial charge in [-0.25, -0.2) is 4.79 Å². The fraction of sp³-hybridized carbons (Fsp3) is 0.188. The maximum absolute atomic E-state index is 11.7. The van der Waals surface area contributed by atoms with Crippen molar-refractivity contribution in [3.05, 3.63) is 57.5 Å². The number of hydrogen-bond acceptors (Lipinski definition) is 4. The Morgan fingerprint density at radius 3 is 2.64 bits per heavy atom. The highest BCUT2D eigenvalue weighted by Crippen LogP contribution is 2.21. The number of methoxy groups -OCH3 is 1. The quantitative estimate of drug-likeness (QED) is 0.593. The summed E-state index contributed by atoms with van der Waals surface area (Å²) in [5.74, 6) is 0.355. The van der Waals surface area contributed by atoms with Gasteiger partial charge >= 0.3 is 5.97 Å². The van der Waals surface area contributed by atoms with E-state index in [4.69, 9.17) is 21.1 Å². The Labute approximate surface area is 142 Å². The molecule has 22 heavy (non-hydrogen) atoms. The molecule has 0 amide bonds. The van der Waals surface area contributed by atoms with Crippen molar-refractivity contribution in [2.75, 3.05) is 25.6 Å². The summed E-state index contributed by atoms with van der Waals surface area (Å²) in [6.45, 7) is 1.01. The van der Waals surface area contributed by atoms with Crippen molar-refractivity contribution in [1.29, 1.82) is 0 Å². The summed E-state index contributed by atoms with van der Waals surface area (Å²) in [5, 5.41) is 3.63. The van der Waals surface area contributed by atoms with E-state index in [1.165, 1.54) is 7.11 Å². The van der Waals surface area contributed by atoms with E-state index >= 15 is 0 Å². The Morgan fingerprint density at radius 2 is 1.95 bits per heavy atom. The van der Waals surface area contributed by atoms with E-state index in [-0.39, 0.29) is 0 Å². The Balaban J connectivity index is 1.91. The predicted octanol–water partition coefficient (Wildman–Crippen LogP) is 4.38. The molecule has 0 aliphatic rings. The predicted molar refractivity (Wildman–Crippen MR) is 90.9 cm³/mol. The molecular weight excluding hydrogens is 370 g/mol. The summed E-state index contributed by atoms with van der Waals surface area (Å²) in [7, 11) is 1.34. The Morgan fingerprint density at radius 1 is 1.23 bits per heavy atom. The highest BCUT2D eigenvalue weighted by molar-refractivity contribution is 9.10. The maximum Gasteiger partial charge on any atom is 0.340 e. The summed E-state index contributed by atoms with van der Waals surface area (Å²) in [6, 6.07) is 12.6. The molecule has 0 aromatic heterocycles. The molecule has 0 saturated heterocycles. The van der Waals surface area contributed by atoms with Gasteiger partial charge in [-0.15, -0.1) is 0 Å². The first kappa shape index (κ1) is 16.6. The van der Waals surface area contributed by atoms with Crippen LogP contribution in [-0.4, -0.2) is 26.2 Å². The van der Waals surface area contributed by atoms with Gasteiger partial charge in [0.15, 0.2) is 0 Å². The number of nitrogens with one attached hydrogen (secondary N) is 1. The van der Waals surface area contributed by atoms with E-state index in [1.54, 1.807) is 18.2 Å². The second-order valence-electron chi connectivity index (χ2n) is 4.41. The van der Waals surface area contributed by atoms with Crippen LogP contribution in [0.25, 0.3) is 0 Å². The summed E-state index contributed by atoms with van der Waals surface area (Å²) in [6.07, 6.45) is 0. The summed E-state index contributed by atoms with van der Waals surface area (Å²) < 4.78 is 11.4. The molecular formula is C16H15BrClNO3. The molecule has 116 valence electrons. The standard InChI is InChI=1S/C16H15BrClNO3/c1-21-16(20)14-10-12(18)4-7-15(14)19-8-9-22-13-5-2-11(17)3-6-13/h2-7,10,19H,8-9H2,1H3. The van der Waals surface area contributed by atoms with Crippen LogP contribution in [0.3, 0.4) is 0 Å². The van der Waals surface area contributed by atoms with E-state index in [0.29, 0.717) is 29.4 Å². The van der Waals surface area contributed by atoms with Gasteiger partial charge in [0, 0.05) is 21.7 Å². The smallest absolute Gasteiger partial charge is 0.340 e. The Hall–Kier alpha value is -1.72. The van der Waals surface area contributed by atoms with E-state index in [1.807, 2.05) is 24.3 Å². The van der Waals surface area contributed by atoms with Crippen LogP contribution in [0.1, 0.15) is 10.4 Å². The van der Waals surface area contributed by atoms with Crippen molar-refractivity contribution in [2.24, 2.45) is 0 Å². The van der Waals surface area contributed by atoms with Crippen LogP contribution >= 0.6 is 27.5 Å². The second kappa shape index (κ2) is 8.06. The topological polar surface area (TPSA) is 47.6 Å². The van der Waals surface area contributed by atoms with Gasteiger partial charge < -0.3 is 14.8 Å². The second-order valence-corrected chi connectivity index (χ2v) is 5.76. The van der Waals surface area contributed by atoms with Gasteiger partial charge in [-0.3, -0.25) is 0 Å². The molecule has 0 aliphatic heterocycles. The van der Waals surface area contributed by atoms with Crippen molar-refractivity contribution in [3.8, 4) is 5.75 Å². The summed E-state index contributed by atoms with van der Waals surface area (Å²) in [5.41, 5.74) is 1.06. The van der Waals surface area contributed by atoms with Crippen LogP contribution in [-0.2, 0) is 4.74 Å². The van der Waals surface area contributed by atoms with E-state index in [9.17, 15) is 4.79 Å². The normalized spacial score (nSPS) is 10.1. The van der Waals surface area contributed by atoms with Gasteiger partial charge in [-0.1, -0.05) is 27.5 Å². The van der Waals surface area contributed by atoms with Crippen LogP contribution < -0.4 is 10.1 Å². The fourth-order valence-corrected chi connectivity index (χ4v) is 2.27. The molecule has 2 aromatic carbocycles. The number of anilines is 1. The molecule has 0 aliphatic carbocycles. The number of benzene rings is 2. The Bertz CT molecular complexity index is 646. The third kappa shape index (κ3) is 4.64. The minimum absolute atomic E-state index is 0.402. The van der Waals surface area contributed by atoms with Gasteiger partial charge in [-0.05, 0) is 42.5 Å². The molecule has 0 bridgehead atoms. The minimum atomic E-state index is -0.432. The molecule has 0 fully saturated rings. The monoisotopic (exact) mass is 383 g/mol. The first-order valence-electron chi connectivity index (χ1n) is 6.60. The lowest BCUT2D eigenvalue weighted by molar-refractivity contribution is 0.0602. The number of carbonyl (C=O) groups excluding carboxylic acids is 1. The summed E-state index contributed by atoms with van der Waals surface area (Å²) >= 11 is 9.28. The van der Waals surface area contributed by atoms with Gasteiger partial charge in [0.25, 0.3) is 0 Å². The van der Waals surface area contributed by atoms with Crippen LogP contribution in [0.15, 0.2) is 46.9 Å². The zero-order chi connectivity index (χ0) is 15.9. The van der Waals surface area contributed by atoms with Crippen LogP contribution in [0.2, 0.25) is 5.02 Å². The lowest BCUT2D eigenvalue weighted by atomic mass is 10.2. The number of rotatable bonds is 6. The maximum atomic E-state index is 11.7. The van der Waals surface area contributed by atoms with Gasteiger partial charge in [0.05, 0.1) is 12.7 Å². The highest BCUT2D eigenvalue weighted by atomic mass is 79.9. The largest absolute Gasteiger partial charge is 0.492 e. The fourth-order valence-electron chi connectivity index (χ4n) is 1.83. The highest BCUT2D eigenvalue weighted by Gasteiger charge is 2.12. The van der Waals surface area contributed by atoms with Crippen molar-refractivity contribution in [3.63, 3.8) is 0 Å². The van der Waals surface area contributed by atoms with Crippen LogP contribution in [0.4, 0.5) is 5.69 Å². The Kier molecular flexibility index (Phi) is 6.10. The van der Waals surface area contributed by atoms with Gasteiger partial charge in [0.2, 0.25) is 0 Å². The van der Waals surface area contributed by atoms with Crippen molar-refractivity contribution < 1.29 is 14.3 Å². The van der Waals surface area contributed by atoms with E-state index in [2.05, 4.69) is 21.2 Å². The first-order valence-corrected chi connectivity index (χ1v) is 7.77. The molecule has 2 rings (SSSR count). The van der Waals surface area contributed by atoms with Gasteiger partial charge in [0.1, 0.15) is 12.4 Å². The minimum Gasteiger partial charge on any atom is -0.492 e. The molecule has 4 nitrogen and oxygen atoms in total. The zero-order valence-electron chi connectivity index (χ0n) is 11.9. The lowest BCUT2D eigenvalue weighted by Gasteiger charge is -2.12. The molecule has 0 spiro atoms. The lowest BCUT2D eigenvalue weighted by Crippen LogP contribution is -2.14. The zero-order valence-corrected chi connectivity index (χ0v) is 14.3. The molecule has 2 aromatic rings. The van der Waals surface area contributed by atoms with Crippen LogP contribution in [0.5, 0.6) is 5.75 Å². The number of halogens is 2. The third-order valence-corrected chi connectivity index (χ3v) is 3.65. The molecule has 1 N–H and O–H groups in total. The van der Waals surface area contributed by atoms with Crippen LogP contribution in [0, 0.1) is 0 Å². The van der Waals surface area contributed by atoms with E-state index in [0.717, 1.165) is 10.2 Å². The van der Waals surface area contributed by atoms with Gasteiger partial charge in [-0.2, -0.15) is 0 Å². The number of carbonyl (C=O) groups is 1. The van der Waals surface area contributed by atoms with Crippen molar-refractivity contribution >= 4 is 39.2 Å². The van der Waals surface area contributed by atoms with E-state index < -0.39 is 5.97 Å². The average Bonchev–Trinajstić information content (AvgIpc) is 2.53. The molecule has 0 heterocycles. The first-order chi connectivity index (χ1) is 10.6. The number of hydrogen-bond donors (Lipinski definition) is 1. The average molecular weight is 385 g/mol. The molecule has 6 heteroatoms. The SMILES string of the molecule is COC(=O)c1cc(Cl)ccc1NCCOc1ccc(Br)cc1. The molecule has 0 saturated carbocycles. The van der Waals surface area contributed by atoms with Crippen molar-refractivity contribution in [1.82, 2.24) is 0 Å². The summed E-state index contributed by atoms with van der Waals surface area (Å²) in [4.78, 5) is 11.7. The van der Waals surface area contributed by atoms with Crippen molar-refractivity contribution in [2.45, 2.75) is 0 Å². The number of esters is 1. The molecule has 0 unspecified atom stereocenters.